The van der Waals surface area contributed by atoms with E-state index in [0.29, 0.717) is 12.1 Å². The van der Waals surface area contributed by atoms with Crippen molar-refractivity contribution in [1.82, 2.24) is 10.2 Å². The second-order valence-electron chi connectivity index (χ2n) is 5.78. The third-order valence-electron chi connectivity index (χ3n) is 4.34. The molecule has 0 aromatic heterocycles. The Hall–Kier alpha value is -1.06. The van der Waals surface area contributed by atoms with Crippen molar-refractivity contribution in [3.63, 3.8) is 0 Å². The lowest BCUT2D eigenvalue weighted by atomic mass is 10.00. The zero-order chi connectivity index (χ0) is 14.4. The molecule has 112 valence electrons. The van der Waals surface area contributed by atoms with Gasteiger partial charge in [0.05, 0.1) is 7.11 Å². The first-order valence-corrected chi connectivity index (χ1v) is 7.82. The van der Waals surface area contributed by atoms with Crippen LogP contribution < -0.4 is 10.1 Å². The van der Waals surface area contributed by atoms with Gasteiger partial charge >= 0.3 is 0 Å². The van der Waals surface area contributed by atoms with E-state index < -0.39 is 0 Å². The quantitative estimate of drug-likeness (QED) is 0.863. The SMILES string of the molecule is CCC(c1ccc(OC)cc1)N(C)CC1CCCCN1. The first-order valence-electron chi connectivity index (χ1n) is 7.82. The average Bonchev–Trinajstić information content (AvgIpc) is 2.49. The minimum Gasteiger partial charge on any atom is -0.497 e. The van der Waals surface area contributed by atoms with E-state index in [0.717, 1.165) is 18.7 Å². The fraction of sp³-hybridized carbons (Fsp3) is 0.647. The van der Waals surface area contributed by atoms with Gasteiger partial charge in [0.2, 0.25) is 0 Å². The molecule has 1 aromatic rings. The standard InChI is InChI=1S/C17H28N2O/c1-4-17(14-8-10-16(20-3)11-9-14)19(2)13-15-7-5-6-12-18-15/h8-11,15,17-18H,4-7,12-13H2,1-3H3. The van der Waals surface area contributed by atoms with Gasteiger partial charge in [0.25, 0.3) is 0 Å². The zero-order valence-corrected chi connectivity index (χ0v) is 13.1. The summed E-state index contributed by atoms with van der Waals surface area (Å²) in [5.74, 6) is 0.931. The molecule has 3 nitrogen and oxygen atoms in total. The van der Waals surface area contributed by atoms with Gasteiger partial charge in [-0.2, -0.15) is 0 Å². The number of ether oxygens (including phenoxy) is 1. The molecule has 0 aliphatic carbocycles. The molecule has 0 bridgehead atoms. The minimum absolute atomic E-state index is 0.490. The van der Waals surface area contributed by atoms with Gasteiger partial charge in [0, 0.05) is 18.6 Å². The number of likely N-dealkylation sites (N-methyl/N-ethyl adjacent to an activating group) is 1. The molecule has 0 spiro atoms. The van der Waals surface area contributed by atoms with Crippen LogP contribution in [0.4, 0.5) is 0 Å². The van der Waals surface area contributed by atoms with Crippen LogP contribution in [-0.4, -0.2) is 38.2 Å². The van der Waals surface area contributed by atoms with Crippen molar-refractivity contribution in [2.24, 2.45) is 0 Å². The van der Waals surface area contributed by atoms with Gasteiger partial charge in [-0.05, 0) is 50.6 Å². The smallest absolute Gasteiger partial charge is 0.118 e. The molecule has 0 amide bonds. The van der Waals surface area contributed by atoms with Gasteiger partial charge in [-0.15, -0.1) is 0 Å². The fourth-order valence-corrected chi connectivity index (χ4v) is 3.18. The van der Waals surface area contributed by atoms with Crippen LogP contribution in [0.5, 0.6) is 5.75 Å². The maximum atomic E-state index is 5.24. The van der Waals surface area contributed by atoms with Crippen LogP contribution in [0.2, 0.25) is 0 Å². The summed E-state index contributed by atoms with van der Waals surface area (Å²) in [5.41, 5.74) is 1.38. The summed E-state index contributed by atoms with van der Waals surface area (Å²) in [4.78, 5) is 2.49. The highest BCUT2D eigenvalue weighted by atomic mass is 16.5. The summed E-state index contributed by atoms with van der Waals surface area (Å²) in [6, 6.07) is 9.65. The number of hydrogen-bond donors (Lipinski definition) is 1. The lowest BCUT2D eigenvalue weighted by molar-refractivity contribution is 0.199. The number of nitrogens with zero attached hydrogens (tertiary/aromatic N) is 1. The van der Waals surface area contributed by atoms with Gasteiger partial charge in [0.1, 0.15) is 5.75 Å². The van der Waals surface area contributed by atoms with Crippen molar-refractivity contribution in [3.8, 4) is 5.75 Å². The van der Waals surface area contributed by atoms with E-state index in [9.17, 15) is 0 Å². The van der Waals surface area contributed by atoms with Crippen molar-refractivity contribution in [2.45, 2.75) is 44.7 Å². The number of benzene rings is 1. The summed E-state index contributed by atoms with van der Waals surface area (Å²) in [6.45, 7) is 4.57. The molecule has 0 saturated carbocycles. The van der Waals surface area contributed by atoms with Crippen LogP contribution in [0.1, 0.15) is 44.2 Å². The topological polar surface area (TPSA) is 24.5 Å². The summed E-state index contributed by atoms with van der Waals surface area (Å²) >= 11 is 0. The summed E-state index contributed by atoms with van der Waals surface area (Å²) in [5, 5.41) is 3.64. The molecule has 2 atom stereocenters. The van der Waals surface area contributed by atoms with Gasteiger partial charge < -0.3 is 10.1 Å². The lowest BCUT2D eigenvalue weighted by Crippen LogP contribution is -2.43. The molecular weight excluding hydrogens is 248 g/mol. The van der Waals surface area contributed by atoms with Crippen LogP contribution in [0.15, 0.2) is 24.3 Å². The Morgan fingerprint density at radius 2 is 2.05 bits per heavy atom. The van der Waals surface area contributed by atoms with Crippen molar-refractivity contribution in [1.29, 1.82) is 0 Å². The largest absolute Gasteiger partial charge is 0.497 e. The molecule has 2 rings (SSSR count). The van der Waals surface area contributed by atoms with Crippen molar-refractivity contribution in [2.75, 3.05) is 27.2 Å². The molecule has 0 radical (unpaired) electrons. The van der Waals surface area contributed by atoms with E-state index in [1.165, 1.54) is 31.4 Å². The number of rotatable bonds is 6. The van der Waals surface area contributed by atoms with Gasteiger partial charge in [-0.25, -0.2) is 0 Å². The van der Waals surface area contributed by atoms with Crippen molar-refractivity contribution in [3.05, 3.63) is 29.8 Å². The van der Waals surface area contributed by atoms with Crippen LogP contribution in [-0.2, 0) is 0 Å². The molecule has 1 aromatic carbocycles. The Kier molecular flexibility index (Phi) is 5.86. The zero-order valence-electron chi connectivity index (χ0n) is 13.1. The molecule has 20 heavy (non-hydrogen) atoms. The second kappa shape index (κ2) is 7.65. The highest BCUT2D eigenvalue weighted by Gasteiger charge is 2.20. The highest BCUT2D eigenvalue weighted by molar-refractivity contribution is 5.29. The van der Waals surface area contributed by atoms with Crippen LogP contribution in [0, 0.1) is 0 Å². The fourth-order valence-electron chi connectivity index (χ4n) is 3.18. The molecule has 2 unspecified atom stereocenters. The molecule has 1 aliphatic rings. The first-order chi connectivity index (χ1) is 9.74. The Bertz CT molecular complexity index is 384. The van der Waals surface area contributed by atoms with E-state index >= 15 is 0 Å². The van der Waals surface area contributed by atoms with Gasteiger partial charge in [0.15, 0.2) is 0 Å². The molecule has 1 heterocycles. The van der Waals surface area contributed by atoms with E-state index in [-0.39, 0.29) is 0 Å². The first kappa shape index (κ1) is 15.3. The monoisotopic (exact) mass is 276 g/mol. The predicted octanol–water partition coefficient (Wildman–Crippen LogP) is 3.22. The Labute approximate surface area is 123 Å². The Morgan fingerprint density at radius 3 is 2.60 bits per heavy atom. The minimum atomic E-state index is 0.490. The van der Waals surface area contributed by atoms with E-state index in [1.54, 1.807) is 7.11 Å². The summed E-state index contributed by atoms with van der Waals surface area (Å²) < 4.78 is 5.24. The van der Waals surface area contributed by atoms with Crippen LogP contribution in [0.25, 0.3) is 0 Å². The lowest BCUT2D eigenvalue weighted by Gasteiger charge is -2.33. The molecule has 1 saturated heterocycles. The number of nitrogens with one attached hydrogen (secondary N) is 1. The molecular formula is C17H28N2O. The Balaban J connectivity index is 1.98. The van der Waals surface area contributed by atoms with Crippen LogP contribution >= 0.6 is 0 Å². The average molecular weight is 276 g/mol. The molecule has 1 N–H and O–H groups in total. The summed E-state index contributed by atoms with van der Waals surface area (Å²) in [7, 11) is 3.96. The van der Waals surface area contributed by atoms with E-state index in [4.69, 9.17) is 4.74 Å². The molecule has 1 fully saturated rings. The third kappa shape index (κ3) is 3.97. The van der Waals surface area contributed by atoms with Crippen molar-refractivity contribution < 1.29 is 4.74 Å². The van der Waals surface area contributed by atoms with E-state index in [1.807, 2.05) is 0 Å². The van der Waals surface area contributed by atoms with Crippen LogP contribution in [0.3, 0.4) is 0 Å². The Morgan fingerprint density at radius 1 is 1.30 bits per heavy atom. The summed E-state index contributed by atoms with van der Waals surface area (Å²) in [6.07, 6.45) is 5.14. The highest BCUT2D eigenvalue weighted by Crippen LogP contribution is 2.25. The molecule has 3 heteroatoms. The maximum Gasteiger partial charge on any atom is 0.118 e. The number of piperidine rings is 1. The number of hydrogen-bond acceptors (Lipinski definition) is 3. The number of methoxy groups -OCH3 is 1. The second-order valence-corrected chi connectivity index (χ2v) is 5.78. The van der Waals surface area contributed by atoms with E-state index in [2.05, 4.69) is 48.5 Å². The maximum absolute atomic E-state index is 5.24. The van der Waals surface area contributed by atoms with Gasteiger partial charge in [-0.1, -0.05) is 25.5 Å². The van der Waals surface area contributed by atoms with Gasteiger partial charge in [-0.3, -0.25) is 4.90 Å². The van der Waals surface area contributed by atoms with Crippen molar-refractivity contribution >= 4 is 0 Å². The molecule has 1 aliphatic heterocycles. The third-order valence-corrected chi connectivity index (χ3v) is 4.34. The normalized spacial score (nSPS) is 20.9. The predicted molar refractivity (Wildman–Crippen MR) is 84.3 cm³/mol.